The summed E-state index contributed by atoms with van der Waals surface area (Å²) in [5, 5.41) is 6.17. The van der Waals surface area contributed by atoms with Crippen LogP contribution in [-0.4, -0.2) is 37.7 Å². The number of carbonyl (C=O) groups excluding carboxylic acids is 1. The fourth-order valence-electron chi connectivity index (χ4n) is 1.37. The van der Waals surface area contributed by atoms with Gasteiger partial charge in [0.1, 0.15) is 0 Å². The van der Waals surface area contributed by atoms with Gasteiger partial charge in [-0.15, -0.1) is 0 Å². The van der Waals surface area contributed by atoms with Crippen molar-refractivity contribution in [2.45, 2.75) is 59.5 Å². The highest BCUT2D eigenvalue weighted by Gasteiger charge is 2.13. The fraction of sp³-hybridized carbons (Fsp3) is 0.929. The molecule has 0 spiro atoms. The fourth-order valence-corrected chi connectivity index (χ4v) is 1.37. The maximum Gasteiger partial charge on any atom is 0.237 e. The van der Waals surface area contributed by atoms with E-state index in [0.29, 0.717) is 5.92 Å². The average Bonchev–Trinajstić information content (AvgIpc) is 2.32. The van der Waals surface area contributed by atoms with Crippen molar-refractivity contribution in [2.75, 3.05) is 19.8 Å². The van der Waals surface area contributed by atoms with Crippen molar-refractivity contribution < 1.29 is 9.53 Å². The van der Waals surface area contributed by atoms with Crippen LogP contribution in [0.3, 0.4) is 0 Å². The summed E-state index contributed by atoms with van der Waals surface area (Å²) in [5.41, 5.74) is 0. The van der Waals surface area contributed by atoms with Gasteiger partial charge in [-0.2, -0.15) is 0 Å². The predicted octanol–water partition coefficient (Wildman–Crippen LogP) is 1.94. The zero-order valence-electron chi connectivity index (χ0n) is 12.6. The maximum absolute atomic E-state index is 11.7. The van der Waals surface area contributed by atoms with E-state index in [1.165, 1.54) is 0 Å². The Balaban J connectivity index is 3.52. The van der Waals surface area contributed by atoms with Crippen LogP contribution in [0.25, 0.3) is 0 Å². The molecule has 108 valence electrons. The molecule has 0 aliphatic rings. The second kappa shape index (κ2) is 10.3. The number of carbonyl (C=O) groups is 1. The van der Waals surface area contributed by atoms with Crippen LogP contribution in [0.2, 0.25) is 0 Å². The van der Waals surface area contributed by atoms with E-state index >= 15 is 0 Å². The molecule has 2 unspecified atom stereocenters. The van der Waals surface area contributed by atoms with Crippen LogP contribution < -0.4 is 10.6 Å². The zero-order chi connectivity index (χ0) is 14.0. The summed E-state index contributed by atoms with van der Waals surface area (Å²) in [6.07, 6.45) is 1.90. The molecular formula is C14H30N2O2. The van der Waals surface area contributed by atoms with Crippen molar-refractivity contribution in [3.05, 3.63) is 0 Å². The van der Waals surface area contributed by atoms with Crippen molar-refractivity contribution in [2.24, 2.45) is 5.92 Å². The minimum Gasteiger partial charge on any atom is -0.381 e. The molecule has 0 aromatic rings. The average molecular weight is 258 g/mol. The third-order valence-electron chi connectivity index (χ3n) is 2.76. The highest BCUT2D eigenvalue weighted by Crippen LogP contribution is 1.94. The molecule has 0 aliphatic carbocycles. The lowest BCUT2D eigenvalue weighted by Crippen LogP contribution is -2.45. The van der Waals surface area contributed by atoms with Crippen molar-refractivity contribution in [1.29, 1.82) is 0 Å². The standard InChI is InChI=1S/C14H30N2O2/c1-6-12(4)16-14(17)13(5)15-8-7-9-18-10-11(2)3/h11-13,15H,6-10H2,1-5H3,(H,16,17). The van der Waals surface area contributed by atoms with E-state index in [0.717, 1.165) is 32.6 Å². The number of hydrogen-bond acceptors (Lipinski definition) is 3. The first kappa shape index (κ1) is 17.4. The third-order valence-corrected chi connectivity index (χ3v) is 2.76. The molecule has 0 radical (unpaired) electrons. The maximum atomic E-state index is 11.7. The van der Waals surface area contributed by atoms with E-state index in [1.54, 1.807) is 0 Å². The van der Waals surface area contributed by atoms with E-state index < -0.39 is 0 Å². The van der Waals surface area contributed by atoms with Gasteiger partial charge in [-0.3, -0.25) is 4.79 Å². The van der Waals surface area contributed by atoms with Crippen molar-refractivity contribution in [1.82, 2.24) is 10.6 Å². The quantitative estimate of drug-likeness (QED) is 0.589. The SMILES string of the molecule is CCC(C)NC(=O)C(C)NCCCOCC(C)C. The Morgan fingerprint density at radius 1 is 1.22 bits per heavy atom. The molecule has 4 heteroatoms. The van der Waals surface area contributed by atoms with Gasteiger partial charge in [0.25, 0.3) is 0 Å². The second-order valence-corrected chi connectivity index (χ2v) is 5.32. The summed E-state index contributed by atoms with van der Waals surface area (Å²) in [4.78, 5) is 11.7. The second-order valence-electron chi connectivity index (χ2n) is 5.32. The first-order chi connectivity index (χ1) is 8.47. The molecule has 0 aromatic carbocycles. The zero-order valence-corrected chi connectivity index (χ0v) is 12.6. The predicted molar refractivity (Wildman–Crippen MR) is 75.6 cm³/mol. The van der Waals surface area contributed by atoms with Gasteiger partial charge in [-0.05, 0) is 39.2 Å². The molecule has 0 saturated carbocycles. The third kappa shape index (κ3) is 9.42. The lowest BCUT2D eigenvalue weighted by Gasteiger charge is -2.17. The number of hydrogen-bond donors (Lipinski definition) is 2. The summed E-state index contributed by atoms with van der Waals surface area (Å²) < 4.78 is 5.48. The molecule has 0 aromatic heterocycles. The van der Waals surface area contributed by atoms with E-state index in [1.807, 2.05) is 13.8 Å². The highest BCUT2D eigenvalue weighted by atomic mass is 16.5. The number of rotatable bonds is 10. The van der Waals surface area contributed by atoms with E-state index in [-0.39, 0.29) is 18.0 Å². The van der Waals surface area contributed by atoms with Gasteiger partial charge in [0.15, 0.2) is 0 Å². The molecule has 4 nitrogen and oxygen atoms in total. The number of amides is 1. The number of ether oxygens (including phenoxy) is 1. The first-order valence-corrected chi connectivity index (χ1v) is 7.08. The Morgan fingerprint density at radius 3 is 2.44 bits per heavy atom. The van der Waals surface area contributed by atoms with Gasteiger partial charge in [-0.1, -0.05) is 20.8 Å². The summed E-state index contributed by atoms with van der Waals surface area (Å²) in [5.74, 6) is 0.658. The van der Waals surface area contributed by atoms with Crippen LogP contribution in [0.5, 0.6) is 0 Å². The van der Waals surface area contributed by atoms with Crippen LogP contribution in [-0.2, 0) is 9.53 Å². The van der Waals surface area contributed by atoms with Crippen molar-refractivity contribution in [3.63, 3.8) is 0 Å². The highest BCUT2D eigenvalue weighted by molar-refractivity contribution is 5.81. The molecule has 18 heavy (non-hydrogen) atoms. The molecule has 0 heterocycles. The van der Waals surface area contributed by atoms with Gasteiger partial charge in [0, 0.05) is 19.3 Å². The summed E-state index contributed by atoms with van der Waals surface area (Å²) in [6.45, 7) is 12.6. The van der Waals surface area contributed by atoms with Crippen LogP contribution in [0.1, 0.15) is 47.5 Å². The smallest absolute Gasteiger partial charge is 0.237 e. The molecule has 1 amide bonds. The Hall–Kier alpha value is -0.610. The molecule has 0 saturated heterocycles. The van der Waals surface area contributed by atoms with Gasteiger partial charge >= 0.3 is 0 Å². The summed E-state index contributed by atoms with van der Waals surface area (Å²) >= 11 is 0. The minimum atomic E-state index is -0.135. The topological polar surface area (TPSA) is 50.4 Å². The molecule has 0 fully saturated rings. The Morgan fingerprint density at radius 2 is 1.89 bits per heavy atom. The van der Waals surface area contributed by atoms with Gasteiger partial charge in [0.2, 0.25) is 5.91 Å². The summed E-state index contributed by atoms with van der Waals surface area (Å²) in [6, 6.07) is 0.111. The lowest BCUT2D eigenvalue weighted by atomic mass is 10.2. The van der Waals surface area contributed by atoms with Gasteiger partial charge < -0.3 is 15.4 Å². The normalized spacial score (nSPS) is 14.6. The largest absolute Gasteiger partial charge is 0.381 e. The van der Waals surface area contributed by atoms with Crippen molar-refractivity contribution >= 4 is 5.91 Å². The summed E-state index contributed by atoms with van der Waals surface area (Å²) in [7, 11) is 0. The van der Waals surface area contributed by atoms with Crippen LogP contribution in [0.15, 0.2) is 0 Å². The Kier molecular flexibility index (Phi) is 9.98. The molecular weight excluding hydrogens is 228 g/mol. The van der Waals surface area contributed by atoms with E-state index in [4.69, 9.17) is 4.74 Å². The van der Waals surface area contributed by atoms with Gasteiger partial charge in [0.05, 0.1) is 6.04 Å². The van der Waals surface area contributed by atoms with E-state index in [9.17, 15) is 4.79 Å². The molecule has 2 N–H and O–H groups in total. The van der Waals surface area contributed by atoms with Crippen LogP contribution in [0.4, 0.5) is 0 Å². The monoisotopic (exact) mass is 258 g/mol. The van der Waals surface area contributed by atoms with Gasteiger partial charge in [-0.25, -0.2) is 0 Å². The Labute approximate surface area is 112 Å². The molecule has 0 rings (SSSR count). The first-order valence-electron chi connectivity index (χ1n) is 7.08. The van der Waals surface area contributed by atoms with Crippen molar-refractivity contribution in [3.8, 4) is 0 Å². The molecule has 0 bridgehead atoms. The van der Waals surface area contributed by atoms with E-state index in [2.05, 4.69) is 31.4 Å². The van der Waals surface area contributed by atoms with Crippen LogP contribution >= 0.6 is 0 Å². The van der Waals surface area contributed by atoms with Crippen LogP contribution in [0, 0.1) is 5.92 Å². The molecule has 0 aliphatic heterocycles. The Bertz CT molecular complexity index is 220. The molecule has 2 atom stereocenters. The minimum absolute atomic E-state index is 0.0763. The number of nitrogens with one attached hydrogen (secondary N) is 2. The lowest BCUT2D eigenvalue weighted by molar-refractivity contribution is -0.123.